The molecule has 0 fully saturated rings. The molecule has 0 saturated heterocycles. The van der Waals surface area contributed by atoms with E-state index in [4.69, 9.17) is 11.6 Å². The molecule has 0 spiro atoms. The van der Waals surface area contributed by atoms with Crippen LogP contribution in [-0.2, 0) is 6.54 Å². The first-order valence-electron chi connectivity index (χ1n) is 7.77. The highest BCUT2D eigenvalue weighted by molar-refractivity contribution is 9.10. The fraction of sp³-hybridized carbons (Fsp3) is 0.222. The molecule has 25 heavy (non-hydrogen) atoms. The van der Waals surface area contributed by atoms with Gasteiger partial charge in [0.2, 0.25) is 0 Å². The number of halogens is 2. The van der Waals surface area contributed by atoms with Gasteiger partial charge in [0, 0.05) is 16.7 Å². The molecular weight excluding hydrogens is 406 g/mol. The number of aromatic nitrogens is 2. The summed E-state index contributed by atoms with van der Waals surface area (Å²) in [5, 5.41) is 14.3. The normalized spacial score (nSPS) is 12.3. The highest BCUT2D eigenvalue weighted by atomic mass is 79.9. The number of nitrogens with zero attached hydrogens (tertiary/aromatic N) is 2. The van der Waals surface area contributed by atoms with Crippen LogP contribution in [0.25, 0.3) is 10.9 Å². The molecule has 3 rings (SSSR count). The van der Waals surface area contributed by atoms with Crippen LogP contribution in [0.4, 0.5) is 5.69 Å². The predicted molar refractivity (Wildman–Crippen MR) is 104 cm³/mol. The summed E-state index contributed by atoms with van der Waals surface area (Å²) in [6.45, 7) is 2.49. The monoisotopic (exact) mass is 421 g/mol. The van der Waals surface area contributed by atoms with E-state index in [1.165, 1.54) is 16.5 Å². The van der Waals surface area contributed by atoms with Gasteiger partial charge in [-0.2, -0.15) is 0 Å². The molecule has 2 N–H and O–H groups in total. The lowest BCUT2D eigenvalue weighted by molar-refractivity contribution is 0.165. The van der Waals surface area contributed by atoms with Gasteiger partial charge in [0.1, 0.15) is 0 Å². The van der Waals surface area contributed by atoms with Crippen LogP contribution in [0.3, 0.4) is 0 Å². The molecule has 5 nitrogen and oxygen atoms in total. The minimum atomic E-state index is -0.732. The van der Waals surface area contributed by atoms with Crippen LogP contribution in [0.5, 0.6) is 0 Å². The van der Waals surface area contributed by atoms with Gasteiger partial charge in [-0.1, -0.05) is 29.3 Å². The van der Waals surface area contributed by atoms with Crippen molar-refractivity contribution in [1.29, 1.82) is 0 Å². The first kappa shape index (κ1) is 17.9. The summed E-state index contributed by atoms with van der Waals surface area (Å²) in [5.41, 5.74) is 2.43. The molecule has 0 bridgehead atoms. The summed E-state index contributed by atoms with van der Waals surface area (Å²) in [6.07, 6.45) is 0.712. The molecule has 0 unspecified atom stereocenters. The van der Waals surface area contributed by atoms with E-state index in [9.17, 15) is 9.90 Å². The van der Waals surface area contributed by atoms with Crippen molar-refractivity contribution in [1.82, 2.24) is 9.55 Å². The van der Waals surface area contributed by atoms with Crippen molar-refractivity contribution < 1.29 is 5.11 Å². The zero-order chi connectivity index (χ0) is 18.0. The summed E-state index contributed by atoms with van der Waals surface area (Å²) in [5.74, 6) is 0. The number of hydrogen-bond acceptors (Lipinski definition) is 4. The Morgan fingerprint density at radius 2 is 2.04 bits per heavy atom. The Bertz CT molecular complexity index is 957. The first-order chi connectivity index (χ1) is 11.9. The summed E-state index contributed by atoms with van der Waals surface area (Å²) >= 11 is 9.38. The molecule has 2 aromatic carbocycles. The number of aliphatic hydroxyl groups excluding tert-OH is 1. The zero-order valence-corrected chi connectivity index (χ0v) is 15.9. The summed E-state index contributed by atoms with van der Waals surface area (Å²) in [6, 6.07) is 11.2. The fourth-order valence-corrected chi connectivity index (χ4v) is 2.98. The van der Waals surface area contributed by atoms with E-state index in [1.807, 2.05) is 31.2 Å². The van der Waals surface area contributed by atoms with Gasteiger partial charge >= 0.3 is 0 Å². The van der Waals surface area contributed by atoms with Crippen LogP contribution >= 0.6 is 27.5 Å². The number of aliphatic hydroxyl groups is 1. The maximum Gasteiger partial charge on any atom is 0.261 e. The fourth-order valence-electron chi connectivity index (χ4n) is 2.48. The van der Waals surface area contributed by atoms with Crippen LogP contribution in [-0.4, -0.2) is 27.3 Å². The molecule has 1 atom stereocenters. The Hall–Kier alpha value is -1.89. The molecule has 0 saturated carbocycles. The molecule has 130 valence electrons. The second kappa shape index (κ2) is 7.56. The highest BCUT2D eigenvalue weighted by Gasteiger charge is 2.11. The van der Waals surface area contributed by atoms with Crippen molar-refractivity contribution >= 4 is 44.1 Å². The second-order valence-corrected chi connectivity index (χ2v) is 7.15. The van der Waals surface area contributed by atoms with Gasteiger partial charge in [0.05, 0.1) is 34.9 Å². The molecule has 7 heteroatoms. The van der Waals surface area contributed by atoms with E-state index in [-0.39, 0.29) is 12.1 Å². The van der Waals surface area contributed by atoms with E-state index in [2.05, 4.69) is 26.2 Å². The Morgan fingerprint density at radius 3 is 2.76 bits per heavy atom. The summed E-state index contributed by atoms with van der Waals surface area (Å²) in [4.78, 5) is 16.8. The number of anilines is 1. The van der Waals surface area contributed by atoms with Crippen LogP contribution < -0.4 is 10.9 Å². The zero-order valence-electron chi connectivity index (χ0n) is 13.5. The third-order valence-electron chi connectivity index (χ3n) is 3.87. The molecule has 0 aliphatic heterocycles. The van der Waals surface area contributed by atoms with Gasteiger partial charge in [0.25, 0.3) is 5.56 Å². The third kappa shape index (κ3) is 4.21. The van der Waals surface area contributed by atoms with Crippen molar-refractivity contribution in [2.24, 2.45) is 0 Å². The Kier molecular flexibility index (Phi) is 5.42. The number of rotatable bonds is 5. The molecule has 1 heterocycles. The smallest absolute Gasteiger partial charge is 0.261 e. The maximum absolute atomic E-state index is 12.6. The van der Waals surface area contributed by atoms with E-state index in [1.54, 1.807) is 12.1 Å². The van der Waals surface area contributed by atoms with E-state index < -0.39 is 6.10 Å². The van der Waals surface area contributed by atoms with Crippen LogP contribution in [0.2, 0.25) is 5.02 Å². The van der Waals surface area contributed by atoms with E-state index in [0.717, 1.165) is 5.69 Å². The lowest BCUT2D eigenvalue weighted by Gasteiger charge is -2.15. The molecule has 0 aliphatic rings. The standard InChI is InChI=1S/C18H17BrClN3O2/c1-11-2-4-12(5-3-11)21-8-13(24)9-23-10-22-17-7-15(19)16(20)6-14(17)18(23)25/h2-7,10,13,21,24H,8-9H2,1H3/t13-/m1/s1. The Morgan fingerprint density at radius 1 is 1.32 bits per heavy atom. The van der Waals surface area contributed by atoms with Crippen LogP contribution in [0.1, 0.15) is 5.56 Å². The van der Waals surface area contributed by atoms with Crippen molar-refractivity contribution in [2.45, 2.75) is 19.6 Å². The van der Waals surface area contributed by atoms with Gasteiger partial charge in [-0.3, -0.25) is 9.36 Å². The van der Waals surface area contributed by atoms with Gasteiger partial charge in [-0.25, -0.2) is 4.98 Å². The Balaban J connectivity index is 1.73. The number of aryl methyl sites for hydroxylation is 1. The van der Waals surface area contributed by atoms with Crippen molar-refractivity contribution in [3.63, 3.8) is 0 Å². The third-order valence-corrected chi connectivity index (χ3v) is 5.06. The number of benzene rings is 2. The summed E-state index contributed by atoms with van der Waals surface area (Å²) < 4.78 is 2.09. The molecule has 0 radical (unpaired) electrons. The number of hydrogen-bond donors (Lipinski definition) is 2. The molecule has 3 aromatic rings. The number of nitrogens with one attached hydrogen (secondary N) is 1. The molecule has 0 amide bonds. The lowest BCUT2D eigenvalue weighted by atomic mass is 10.2. The van der Waals surface area contributed by atoms with Gasteiger partial charge in [-0.15, -0.1) is 0 Å². The van der Waals surface area contributed by atoms with E-state index in [0.29, 0.717) is 26.9 Å². The van der Waals surface area contributed by atoms with Crippen molar-refractivity contribution in [3.8, 4) is 0 Å². The van der Waals surface area contributed by atoms with E-state index >= 15 is 0 Å². The largest absolute Gasteiger partial charge is 0.389 e. The average molecular weight is 423 g/mol. The topological polar surface area (TPSA) is 67.2 Å². The number of fused-ring (bicyclic) bond motifs is 1. The summed E-state index contributed by atoms with van der Waals surface area (Å²) in [7, 11) is 0. The van der Waals surface area contributed by atoms with Gasteiger partial charge in [-0.05, 0) is 47.1 Å². The molecular formula is C18H17BrClN3O2. The Labute approximate surface area is 158 Å². The van der Waals surface area contributed by atoms with Gasteiger partial charge < -0.3 is 10.4 Å². The van der Waals surface area contributed by atoms with Crippen molar-refractivity contribution in [3.05, 3.63) is 68.1 Å². The predicted octanol–water partition coefficient (Wildman–Crippen LogP) is 3.59. The molecule has 1 aromatic heterocycles. The van der Waals surface area contributed by atoms with Crippen LogP contribution in [0.15, 0.2) is 52.0 Å². The second-order valence-electron chi connectivity index (χ2n) is 5.89. The quantitative estimate of drug-likeness (QED) is 0.659. The maximum atomic E-state index is 12.6. The van der Waals surface area contributed by atoms with Gasteiger partial charge in [0.15, 0.2) is 0 Å². The first-order valence-corrected chi connectivity index (χ1v) is 8.94. The molecule has 0 aliphatic carbocycles. The lowest BCUT2D eigenvalue weighted by Crippen LogP contribution is -2.31. The average Bonchev–Trinajstić information content (AvgIpc) is 2.59. The van der Waals surface area contributed by atoms with Crippen LogP contribution in [0, 0.1) is 6.92 Å². The highest BCUT2D eigenvalue weighted by Crippen LogP contribution is 2.25. The van der Waals surface area contributed by atoms with Crippen molar-refractivity contribution in [2.75, 3.05) is 11.9 Å². The SMILES string of the molecule is Cc1ccc(NC[C@@H](O)Cn2cnc3cc(Br)c(Cl)cc3c2=O)cc1. The minimum Gasteiger partial charge on any atom is -0.389 e. The minimum absolute atomic E-state index is 0.147.